The van der Waals surface area contributed by atoms with Gasteiger partial charge in [0, 0.05) is 25.1 Å². The molecule has 0 fully saturated rings. The van der Waals surface area contributed by atoms with Crippen LogP contribution in [0.25, 0.3) is 0 Å². The second-order valence-electron chi connectivity index (χ2n) is 2.96. The smallest absolute Gasteiger partial charge is 0.243 e. The Hall–Kier alpha value is -1.64. The van der Waals surface area contributed by atoms with Crippen molar-refractivity contribution in [3.8, 4) is 0 Å². The first-order valence-corrected chi connectivity index (χ1v) is 4.67. The second-order valence-corrected chi connectivity index (χ2v) is 2.96. The molecule has 0 bridgehead atoms. The van der Waals surface area contributed by atoms with Gasteiger partial charge >= 0.3 is 0 Å². The SMILES string of the molecule is C=CC(=O)NCCC[n+]1ccccc1. The number of nitrogens with zero attached hydrogens (tertiary/aromatic N) is 1. The first kappa shape index (κ1) is 10.4. The lowest BCUT2D eigenvalue weighted by molar-refractivity contribution is -0.697. The lowest BCUT2D eigenvalue weighted by Gasteiger charge is -1.99. The molecule has 1 aromatic heterocycles. The molecule has 0 aliphatic heterocycles. The highest BCUT2D eigenvalue weighted by Crippen LogP contribution is 1.81. The van der Waals surface area contributed by atoms with Gasteiger partial charge in [-0.1, -0.05) is 12.6 Å². The van der Waals surface area contributed by atoms with Crippen molar-refractivity contribution in [2.75, 3.05) is 6.54 Å². The van der Waals surface area contributed by atoms with Crippen molar-refractivity contribution in [2.45, 2.75) is 13.0 Å². The molecule has 1 amide bonds. The van der Waals surface area contributed by atoms with Crippen molar-refractivity contribution < 1.29 is 9.36 Å². The fourth-order valence-corrected chi connectivity index (χ4v) is 1.13. The van der Waals surface area contributed by atoms with Gasteiger partial charge in [-0.05, 0) is 6.08 Å². The summed E-state index contributed by atoms with van der Waals surface area (Å²) in [5.74, 6) is -0.108. The molecule has 0 aliphatic rings. The Kier molecular flexibility index (Phi) is 4.41. The van der Waals surface area contributed by atoms with Gasteiger partial charge in [0.05, 0.1) is 0 Å². The molecule has 1 N–H and O–H groups in total. The Morgan fingerprint density at radius 3 is 2.71 bits per heavy atom. The van der Waals surface area contributed by atoms with Crippen LogP contribution >= 0.6 is 0 Å². The molecule has 1 heterocycles. The Morgan fingerprint density at radius 2 is 2.07 bits per heavy atom. The molecule has 0 aromatic carbocycles. The molecular weight excluding hydrogens is 176 g/mol. The summed E-state index contributed by atoms with van der Waals surface area (Å²) in [7, 11) is 0. The van der Waals surface area contributed by atoms with Gasteiger partial charge in [-0.15, -0.1) is 0 Å². The molecule has 1 aromatic rings. The summed E-state index contributed by atoms with van der Waals surface area (Å²) in [6, 6.07) is 5.96. The van der Waals surface area contributed by atoms with Gasteiger partial charge in [0.25, 0.3) is 0 Å². The third kappa shape index (κ3) is 3.85. The first-order chi connectivity index (χ1) is 6.83. The summed E-state index contributed by atoms with van der Waals surface area (Å²) >= 11 is 0. The Balaban J connectivity index is 2.16. The standard InChI is InChI=1S/C11H14N2O/c1-2-11(14)12-7-6-10-13-8-4-3-5-9-13/h2-5,8-9H,1,6-7,10H2/p+1. The molecule has 3 heteroatoms. The Labute approximate surface area is 84.1 Å². The van der Waals surface area contributed by atoms with Gasteiger partial charge < -0.3 is 5.32 Å². The summed E-state index contributed by atoms with van der Waals surface area (Å²) in [4.78, 5) is 10.8. The highest BCUT2D eigenvalue weighted by molar-refractivity contribution is 5.86. The average Bonchev–Trinajstić information content (AvgIpc) is 2.25. The van der Waals surface area contributed by atoms with E-state index < -0.39 is 0 Å². The van der Waals surface area contributed by atoms with Crippen LogP contribution in [0, 0.1) is 0 Å². The van der Waals surface area contributed by atoms with E-state index in [-0.39, 0.29) is 5.91 Å². The number of nitrogens with one attached hydrogen (secondary N) is 1. The van der Waals surface area contributed by atoms with Gasteiger partial charge in [-0.3, -0.25) is 4.79 Å². The minimum Gasteiger partial charge on any atom is -0.352 e. The maximum absolute atomic E-state index is 10.8. The van der Waals surface area contributed by atoms with Crippen LogP contribution in [-0.4, -0.2) is 12.5 Å². The molecule has 0 saturated heterocycles. The lowest BCUT2D eigenvalue weighted by Crippen LogP contribution is -2.34. The van der Waals surface area contributed by atoms with E-state index in [4.69, 9.17) is 0 Å². The van der Waals surface area contributed by atoms with Gasteiger partial charge in [-0.2, -0.15) is 0 Å². The van der Waals surface area contributed by atoms with Crippen LogP contribution in [0.3, 0.4) is 0 Å². The lowest BCUT2D eigenvalue weighted by atomic mass is 10.4. The highest BCUT2D eigenvalue weighted by Gasteiger charge is 1.98. The van der Waals surface area contributed by atoms with Gasteiger partial charge in [-0.25, -0.2) is 4.57 Å². The molecule has 0 aliphatic carbocycles. The maximum Gasteiger partial charge on any atom is 0.243 e. The van der Waals surface area contributed by atoms with E-state index in [1.54, 1.807) is 0 Å². The number of carbonyl (C=O) groups is 1. The van der Waals surface area contributed by atoms with E-state index in [2.05, 4.69) is 16.5 Å². The van der Waals surface area contributed by atoms with Crippen molar-refractivity contribution >= 4 is 5.91 Å². The summed E-state index contributed by atoms with van der Waals surface area (Å²) in [6.45, 7) is 4.98. The van der Waals surface area contributed by atoms with Crippen LogP contribution in [0.5, 0.6) is 0 Å². The monoisotopic (exact) mass is 191 g/mol. The van der Waals surface area contributed by atoms with E-state index in [0.29, 0.717) is 6.54 Å². The zero-order valence-electron chi connectivity index (χ0n) is 8.15. The van der Waals surface area contributed by atoms with E-state index in [1.165, 1.54) is 6.08 Å². The molecule has 0 atom stereocenters. The number of hydrogen-bond donors (Lipinski definition) is 1. The number of aryl methyl sites for hydroxylation is 1. The van der Waals surface area contributed by atoms with Crippen LogP contribution < -0.4 is 9.88 Å². The normalized spacial score (nSPS) is 9.43. The van der Waals surface area contributed by atoms with Crippen LogP contribution in [0.1, 0.15) is 6.42 Å². The van der Waals surface area contributed by atoms with Crippen LogP contribution in [0.2, 0.25) is 0 Å². The molecule has 0 radical (unpaired) electrons. The summed E-state index contributed by atoms with van der Waals surface area (Å²) in [5, 5.41) is 2.73. The molecule has 0 saturated carbocycles. The molecule has 0 spiro atoms. The van der Waals surface area contributed by atoms with E-state index in [9.17, 15) is 4.79 Å². The van der Waals surface area contributed by atoms with Crippen molar-refractivity contribution in [2.24, 2.45) is 0 Å². The van der Waals surface area contributed by atoms with Crippen molar-refractivity contribution in [1.29, 1.82) is 0 Å². The zero-order chi connectivity index (χ0) is 10.2. The summed E-state index contributed by atoms with van der Waals surface area (Å²) in [5.41, 5.74) is 0. The summed E-state index contributed by atoms with van der Waals surface area (Å²) in [6.07, 6.45) is 6.23. The molecule has 3 nitrogen and oxygen atoms in total. The van der Waals surface area contributed by atoms with E-state index in [1.807, 2.05) is 30.6 Å². The van der Waals surface area contributed by atoms with Gasteiger partial charge in [0.1, 0.15) is 6.54 Å². The van der Waals surface area contributed by atoms with Crippen LogP contribution in [-0.2, 0) is 11.3 Å². The number of amides is 1. The van der Waals surface area contributed by atoms with Crippen molar-refractivity contribution in [1.82, 2.24) is 5.32 Å². The van der Waals surface area contributed by atoms with Crippen LogP contribution in [0.4, 0.5) is 0 Å². The minimum atomic E-state index is -0.108. The Morgan fingerprint density at radius 1 is 1.36 bits per heavy atom. The van der Waals surface area contributed by atoms with Gasteiger partial charge in [0.2, 0.25) is 5.91 Å². The number of hydrogen-bond acceptors (Lipinski definition) is 1. The number of pyridine rings is 1. The number of aromatic nitrogens is 1. The predicted molar refractivity (Wildman–Crippen MR) is 54.5 cm³/mol. The third-order valence-electron chi connectivity index (χ3n) is 1.86. The third-order valence-corrected chi connectivity index (χ3v) is 1.86. The fourth-order valence-electron chi connectivity index (χ4n) is 1.13. The fraction of sp³-hybridized carbons (Fsp3) is 0.273. The minimum absolute atomic E-state index is 0.108. The van der Waals surface area contributed by atoms with E-state index >= 15 is 0 Å². The average molecular weight is 191 g/mol. The number of carbonyl (C=O) groups excluding carboxylic acids is 1. The molecule has 0 unspecified atom stereocenters. The quantitative estimate of drug-likeness (QED) is 0.414. The molecule has 14 heavy (non-hydrogen) atoms. The maximum atomic E-state index is 10.8. The first-order valence-electron chi connectivity index (χ1n) is 4.67. The molecular formula is C11H15N2O+. The second kappa shape index (κ2) is 5.91. The zero-order valence-corrected chi connectivity index (χ0v) is 8.15. The molecule has 74 valence electrons. The van der Waals surface area contributed by atoms with Crippen molar-refractivity contribution in [3.05, 3.63) is 43.2 Å². The van der Waals surface area contributed by atoms with Crippen LogP contribution in [0.15, 0.2) is 43.2 Å². The topological polar surface area (TPSA) is 33.0 Å². The summed E-state index contributed by atoms with van der Waals surface area (Å²) < 4.78 is 2.08. The number of rotatable bonds is 5. The Bertz CT molecular complexity index is 295. The van der Waals surface area contributed by atoms with Gasteiger partial charge in [0.15, 0.2) is 12.4 Å². The van der Waals surface area contributed by atoms with Crippen molar-refractivity contribution in [3.63, 3.8) is 0 Å². The highest BCUT2D eigenvalue weighted by atomic mass is 16.1. The molecule has 1 rings (SSSR count). The predicted octanol–water partition coefficient (Wildman–Crippen LogP) is 0.666. The largest absolute Gasteiger partial charge is 0.352 e. The van der Waals surface area contributed by atoms with E-state index in [0.717, 1.165) is 13.0 Å².